The molecule has 0 aliphatic heterocycles. The van der Waals surface area contributed by atoms with Gasteiger partial charge in [0.15, 0.2) is 11.5 Å². The van der Waals surface area contributed by atoms with E-state index in [2.05, 4.69) is 21.8 Å². The third-order valence-electron chi connectivity index (χ3n) is 4.63. The summed E-state index contributed by atoms with van der Waals surface area (Å²) >= 11 is 6.44. The monoisotopic (exact) mass is 415 g/mol. The van der Waals surface area contributed by atoms with E-state index in [0.29, 0.717) is 52.9 Å². The first-order chi connectivity index (χ1) is 14.0. The number of aromatic amines is 1. The number of methoxy groups -OCH3 is 1. The molecular weight excluding hydrogens is 390 g/mol. The van der Waals surface area contributed by atoms with E-state index < -0.39 is 0 Å². The molecule has 3 aromatic rings. The Hall–Kier alpha value is -2.57. The maximum atomic E-state index is 12.3. The molecular formula is C22H26ClN3O3. The molecule has 154 valence electrons. The largest absolute Gasteiger partial charge is 0.493 e. The number of rotatable bonds is 9. The Morgan fingerprint density at radius 1 is 1.17 bits per heavy atom. The first-order valence-electron chi connectivity index (χ1n) is 9.75. The van der Waals surface area contributed by atoms with Gasteiger partial charge in [-0.15, -0.1) is 0 Å². The van der Waals surface area contributed by atoms with Crippen molar-refractivity contribution in [1.82, 2.24) is 14.9 Å². The number of aromatic nitrogens is 2. The smallest absolute Gasteiger partial charge is 0.258 e. The third-order valence-corrected chi connectivity index (χ3v) is 4.91. The molecule has 6 nitrogen and oxygen atoms in total. The van der Waals surface area contributed by atoms with E-state index in [1.54, 1.807) is 13.2 Å². The van der Waals surface area contributed by atoms with Gasteiger partial charge in [-0.1, -0.05) is 37.6 Å². The lowest BCUT2D eigenvalue weighted by atomic mass is 10.1. The Bertz CT molecular complexity index is 1040. The number of para-hydroxylation sites is 1. The highest BCUT2D eigenvalue weighted by atomic mass is 35.5. The highest BCUT2D eigenvalue weighted by Gasteiger charge is 2.15. The summed E-state index contributed by atoms with van der Waals surface area (Å²) in [5.74, 6) is 1.83. The van der Waals surface area contributed by atoms with Crippen molar-refractivity contribution in [2.45, 2.75) is 33.4 Å². The first kappa shape index (κ1) is 21.1. The highest BCUT2D eigenvalue weighted by molar-refractivity contribution is 6.32. The van der Waals surface area contributed by atoms with Crippen molar-refractivity contribution in [2.24, 2.45) is 0 Å². The zero-order valence-electron chi connectivity index (χ0n) is 17.0. The molecule has 7 heteroatoms. The van der Waals surface area contributed by atoms with Crippen molar-refractivity contribution < 1.29 is 9.47 Å². The van der Waals surface area contributed by atoms with Gasteiger partial charge in [-0.25, -0.2) is 4.98 Å². The fraction of sp³-hybridized carbons (Fsp3) is 0.364. The molecule has 1 N–H and O–H groups in total. The van der Waals surface area contributed by atoms with E-state index >= 15 is 0 Å². The molecule has 0 fully saturated rings. The number of nitrogens with zero attached hydrogens (tertiary/aromatic N) is 2. The molecule has 3 rings (SSSR count). The Morgan fingerprint density at radius 3 is 2.69 bits per heavy atom. The van der Waals surface area contributed by atoms with Gasteiger partial charge in [-0.3, -0.25) is 9.69 Å². The molecule has 1 aromatic heterocycles. The average Bonchev–Trinajstić information content (AvgIpc) is 2.72. The van der Waals surface area contributed by atoms with E-state index in [-0.39, 0.29) is 5.56 Å². The van der Waals surface area contributed by atoms with Crippen LogP contribution in [-0.2, 0) is 13.1 Å². The quantitative estimate of drug-likeness (QED) is 0.561. The van der Waals surface area contributed by atoms with E-state index in [1.165, 1.54) is 0 Å². The lowest BCUT2D eigenvalue weighted by Crippen LogP contribution is -2.25. The van der Waals surface area contributed by atoms with Gasteiger partial charge in [-0.2, -0.15) is 0 Å². The van der Waals surface area contributed by atoms with Crippen LogP contribution in [-0.4, -0.2) is 35.1 Å². The third kappa shape index (κ3) is 5.08. The van der Waals surface area contributed by atoms with Gasteiger partial charge in [0, 0.05) is 6.54 Å². The molecule has 0 aliphatic carbocycles. The Balaban J connectivity index is 1.81. The first-order valence-corrected chi connectivity index (χ1v) is 10.1. The molecule has 0 bridgehead atoms. The lowest BCUT2D eigenvalue weighted by Gasteiger charge is -2.21. The van der Waals surface area contributed by atoms with E-state index in [1.807, 2.05) is 37.3 Å². The average molecular weight is 416 g/mol. The van der Waals surface area contributed by atoms with E-state index in [4.69, 9.17) is 21.1 Å². The van der Waals surface area contributed by atoms with Crippen molar-refractivity contribution in [1.29, 1.82) is 0 Å². The summed E-state index contributed by atoms with van der Waals surface area (Å²) in [6, 6.07) is 11.2. The Labute approximate surface area is 175 Å². The number of halogens is 1. The number of nitrogens with one attached hydrogen (secondary N) is 1. The van der Waals surface area contributed by atoms with E-state index in [9.17, 15) is 4.79 Å². The summed E-state index contributed by atoms with van der Waals surface area (Å²) in [6.45, 7) is 6.62. The fourth-order valence-corrected chi connectivity index (χ4v) is 3.46. The molecule has 2 aromatic carbocycles. The minimum atomic E-state index is -0.121. The highest BCUT2D eigenvalue weighted by Crippen LogP contribution is 2.36. The van der Waals surface area contributed by atoms with Gasteiger partial charge in [0.2, 0.25) is 0 Å². The van der Waals surface area contributed by atoms with Gasteiger partial charge < -0.3 is 14.5 Å². The molecule has 29 heavy (non-hydrogen) atoms. The maximum absolute atomic E-state index is 12.3. The van der Waals surface area contributed by atoms with Crippen LogP contribution in [0.4, 0.5) is 0 Å². The molecule has 0 aliphatic rings. The van der Waals surface area contributed by atoms with E-state index in [0.717, 1.165) is 18.5 Å². The molecule has 0 radical (unpaired) electrons. The summed E-state index contributed by atoms with van der Waals surface area (Å²) < 4.78 is 11.2. The second kappa shape index (κ2) is 9.76. The van der Waals surface area contributed by atoms with Gasteiger partial charge in [0.25, 0.3) is 5.56 Å². The van der Waals surface area contributed by atoms with Crippen LogP contribution in [0.1, 0.15) is 31.7 Å². The maximum Gasteiger partial charge on any atom is 0.258 e. The normalized spacial score (nSPS) is 11.2. The van der Waals surface area contributed by atoms with Crippen molar-refractivity contribution >= 4 is 22.5 Å². The molecule has 0 unspecified atom stereocenters. The molecule has 0 amide bonds. The summed E-state index contributed by atoms with van der Waals surface area (Å²) in [7, 11) is 1.61. The molecule has 1 heterocycles. The predicted molar refractivity (Wildman–Crippen MR) is 116 cm³/mol. The van der Waals surface area contributed by atoms with Crippen LogP contribution >= 0.6 is 11.6 Å². The molecule has 0 saturated carbocycles. The molecule has 0 spiro atoms. The summed E-state index contributed by atoms with van der Waals surface area (Å²) in [5, 5.41) is 1.12. The van der Waals surface area contributed by atoms with Crippen molar-refractivity contribution in [2.75, 3.05) is 20.3 Å². The number of benzene rings is 2. The number of ether oxygens (including phenoxy) is 2. The topological polar surface area (TPSA) is 67.5 Å². The van der Waals surface area contributed by atoms with Crippen molar-refractivity contribution in [3.63, 3.8) is 0 Å². The molecule has 0 atom stereocenters. The fourth-order valence-electron chi connectivity index (χ4n) is 3.17. The predicted octanol–water partition coefficient (Wildman–Crippen LogP) is 4.40. The van der Waals surface area contributed by atoms with Crippen LogP contribution < -0.4 is 15.0 Å². The standard InChI is InChI=1S/C22H26ClN3O3/c1-4-10-29-21-17(23)11-15(12-19(21)28-3)13-26(5-2)14-20-24-18-9-7-6-8-16(18)22(27)25-20/h6-9,11-12H,4-5,10,13-14H2,1-3H3,(H,24,25,27). The summed E-state index contributed by atoms with van der Waals surface area (Å²) in [4.78, 5) is 22.0. The van der Waals surface area contributed by atoms with Gasteiger partial charge >= 0.3 is 0 Å². The van der Waals surface area contributed by atoms with Gasteiger partial charge in [0.1, 0.15) is 5.82 Å². The number of hydrogen-bond donors (Lipinski definition) is 1. The van der Waals surface area contributed by atoms with Gasteiger partial charge in [-0.05, 0) is 42.8 Å². The molecule has 0 saturated heterocycles. The zero-order valence-corrected chi connectivity index (χ0v) is 17.8. The Kier molecular flexibility index (Phi) is 7.12. The minimum Gasteiger partial charge on any atom is -0.493 e. The minimum absolute atomic E-state index is 0.121. The number of H-pyrrole nitrogens is 1. The second-order valence-electron chi connectivity index (χ2n) is 6.79. The summed E-state index contributed by atoms with van der Waals surface area (Å²) in [6.07, 6.45) is 0.891. The lowest BCUT2D eigenvalue weighted by molar-refractivity contribution is 0.263. The SMILES string of the molecule is CCCOc1c(Cl)cc(CN(CC)Cc2nc3ccccc3c(=O)[nH]2)cc1OC. The van der Waals surface area contributed by atoms with Crippen molar-refractivity contribution in [3.8, 4) is 11.5 Å². The summed E-state index contributed by atoms with van der Waals surface area (Å²) in [5.41, 5.74) is 1.58. The van der Waals surface area contributed by atoms with Crippen LogP contribution in [0.25, 0.3) is 10.9 Å². The van der Waals surface area contributed by atoms with Crippen LogP contribution in [0, 0.1) is 0 Å². The van der Waals surface area contributed by atoms with Crippen LogP contribution in [0.3, 0.4) is 0 Å². The number of fused-ring (bicyclic) bond motifs is 1. The van der Waals surface area contributed by atoms with Crippen molar-refractivity contribution in [3.05, 3.63) is 63.2 Å². The van der Waals surface area contributed by atoms with Crippen LogP contribution in [0.15, 0.2) is 41.2 Å². The second-order valence-corrected chi connectivity index (χ2v) is 7.20. The Morgan fingerprint density at radius 2 is 1.97 bits per heavy atom. The van der Waals surface area contributed by atoms with Crippen LogP contribution in [0.5, 0.6) is 11.5 Å². The zero-order chi connectivity index (χ0) is 20.8. The number of hydrogen-bond acceptors (Lipinski definition) is 5. The van der Waals surface area contributed by atoms with Gasteiger partial charge in [0.05, 0.1) is 36.2 Å². The van der Waals surface area contributed by atoms with Crippen LogP contribution in [0.2, 0.25) is 5.02 Å².